The van der Waals surface area contributed by atoms with E-state index in [2.05, 4.69) is 23.9 Å². The molecule has 2 atom stereocenters. The predicted octanol–water partition coefficient (Wildman–Crippen LogP) is 1.75. The second-order valence-corrected chi connectivity index (χ2v) is 5.62. The molecule has 112 valence electrons. The molecule has 20 heavy (non-hydrogen) atoms. The fourth-order valence-electron chi connectivity index (χ4n) is 2.78. The third kappa shape index (κ3) is 3.72. The van der Waals surface area contributed by atoms with Crippen LogP contribution in [0.2, 0.25) is 0 Å². The molecule has 1 N–H and O–H groups in total. The van der Waals surface area contributed by atoms with Crippen LogP contribution in [0.15, 0.2) is 24.3 Å². The van der Waals surface area contributed by atoms with Crippen molar-refractivity contribution >= 4 is 0 Å². The van der Waals surface area contributed by atoms with Gasteiger partial charge < -0.3 is 19.6 Å². The number of ether oxygens (including phenoxy) is 1. The molecule has 1 aliphatic heterocycles. The quantitative estimate of drug-likeness (QED) is 0.890. The summed E-state index contributed by atoms with van der Waals surface area (Å²) in [6.07, 6.45) is 0.266. The highest BCUT2D eigenvalue weighted by Gasteiger charge is 2.26. The van der Waals surface area contributed by atoms with Gasteiger partial charge in [-0.05, 0) is 33.5 Å². The van der Waals surface area contributed by atoms with Crippen LogP contribution in [0, 0.1) is 0 Å². The molecule has 2 unspecified atom stereocenters. The van der Waals surface area contributed by atoms with Crippen LogP contribution < -0.4 is 4.74 Å². The Morgan fingerprint density at radius 3 is 2.80 bits per heavy atom. The third-order valence-electron chi connectivity index (χ3n) is 4.05. The summed E-state index contributed by atoms with van der Waals surface area (Å²) in [4.78, 5) is 4.67. The Morgan fingerprint density at radius 1 is 1.30 bits per heavy atom. The van der Waals surface area contributed by atoms with Gasteiger partial charge in [-0.1, -0.05) is 18.2 Å². The fourth-order valence-corrected chi connectivity index (χ4v) is 2.78. The Kier molecular flexibility index (Phi) is 5.40. The molecule has 0 bridgehead atoms. The zero-order valence-corrected chi connectivity index (χ0v) is 12.7. The molecular weight excluding hydrogens is 252 g/mol. The van der Waals surface area contributed by atoms with Crippen molar-refractivity contribution in [3.63, 3.8) is 0 Å². The average Bonchev–Trinajstić information content (AvgIpc) is 2.44. The topological polar surface area (TPSA) is 35.9 Å². The zero-order chi connectivity index (χ0) is 14.5. The molecule has 1 saturated heterocycles. The van der Waals surface area contributed by atoms with Gasteiger partial charge in [0.15, 0.2) is 0 Å². The van der Waals surface area contributed by atoms with Gasteiger partial charge in [0, 0.05) is 31.2 Å². The third-order valence-corrected chi connectivity index (χ3v) is 4.05. The Morgan fingerprint density at radius 2 is 2.05 bits per heavy atom. The fraction of sp³-hybridized carbons (Fsp3) is 0.625. The molecule has 1 aromatic rings. The van der Waals surface area contributed by atoms with Crippen molar-refractivity contribution in [2.75, 3.05) is 40.3 Å². The Bertz CT molecular complexity index is 425. The molecule has 4 heteroatoms. The maximum absolute atomic E-state index is 10.6. The molecule has 0 aromatic heterocycles. The summed E-state index contributed by atoms with van der Waals surface area (Å²) in [5, 5.41) is 10.6. The Balaban J connectivity index is 2.05. The average molecular weight is 278 g/mol. The van der Waals surface area contributed by atoms with Crippen molar-refractivity contribution in [3.05, 3.63) is 29.8 Å². The molecule has 4 nitrogen and oxygen atoms in total. The summed E-state index contributed by atoms with van der Waals surface area (Å²) in [7, 11) is 4.28. The summed E-state index contributed by atoms with van der Waals surface area (Å²) in [6, 6.07) is 8.18. The van der Waals surface area contributed by atoms with Crippen LogP contribution >= 0.6 is 0 Å². The van der Waals surface area contributed by atoms with Crippen molar-refractivity contribution in [1.29, 1.82) is 0 Å². The van der Waals surface area contributed by atoms with Gasteiger partial charge in [-0.3, -0.25) is 0 Å². The van der Waals surface area contributed by atoms with E-state index in [0.29, 0.717) is 12.6 Å². The predicted molar refractivity (Wildman–Crippen MR) is 81.1 cm³/mol. The first-order valence-corrected chi connectivity index (χ1v) is 7.40. The molecule has 2 rings (SSSR count). The first-order valence-electron chi connectivity index (χ1n) is 7.40. The van der Waals surface area contributed by atoms with Gasteiger partial charge in [-0.25, -0.2) is 0 Å². The van der Waals surface area contributed by atoms with Gasteiger partial charge in [0.2, 0.25) is 0 Å². The number of benzene rings is 1. The minimum Gasteiger partial charge on any atom is -0.493 e. The second kappa shape index (κ2) is 7.07. The van der Waals surface area contributed by atoms with Gasteiger partial charge in [0.1, 0.15) is 5.75 Å². The van der Waals surface area contributed by atoms with E-state index in [0.717, 1.165) is 37.4 Å². The summed E-state index contributed by atoms with van der Waals surface area (Å²) >= 11 is 0. The Labute approximate surface area is 122 Å². The van der Waals surface area contributed by atoms with Crippen molar-refractivity contribution in [3.8, 4) is 5.75 Å². The van der Waals surface area contributed by atoms with E-state index in [-0.39, 0.29) is 0 Å². The maximum atomic E-state index is 10.6. The van der Waals surface area contributed by atoms with E-state index >= 15 is 0 Å². The highest BCUT2D eigenvalue weighted by atomic mass is 16.5. The molecule has 0 amide bonds. The van der Waals surface area contributed by atoms with E-state index in [1.165, 1.54) is 0 Å². The van der Waals surface area contributed by atoms with E-state index < -0.39 is 6.10 Å². The lowest BCUT2D eigenvalue weighted by Crippen LogP contribution is -2.50. The minimum atomic E-state index is -0.475. The van der Waals surface area contributed by atoms with E-state index in [1.54, 1.807) is 0 Å². The SMILES string of the molecule is CCOc1ccccc1C(O)CC1CN(C)CCN1C. The van der Waals surface area contributed by atoms with Crippen LogP contribution in [0.1, 0.15) is 25.0 Å². The monoisotopic (exact) mass is 278 g/mol. The number of aliphatic hydroxyl groups is 1. The molecule has 1 heterocycles. The highest BCUT2D eigenvalue weighted by molar-refractivity contribution is 5.35. The van der Waals surface area contributed by atoms with Gasteiger partial charge in [-0.15, -0.1) is 0 Å². The van der Waals surface area contributed by atoms with Gasteiger partial charge in [0.25, 0.3) is 0 Å². The van der Waals surface area contributed by atoms with Gasteiger partial charge in [-0.2, -0.15) is 0 Å². The van der Waals surface area contributed by atoms with Gasteiger partial charge >= 0.3 is 0 Å². The van der Waals surface area contributed by atoms with Crippen LogP contribution in [0.25, 0.3) is 0 Å². The number of hydrogen-bond acceptors (Lipinski definition) is 4. The molecule has 0 radical (unpaired) electrons. The van der Waals surface area contributed by atoms with E-state index in [1.807, 2.05) is 31.2 Å². The van der Waals surface area contributed by atoms with Crippen molar-refractivity contribution < 1.29 is 9.84 Å². The molecular formula is C16H26N2O2. The van der Waals surface area contributed by atoms with E-state index in [9.17, 15) is 5.11 Å². The number of nitrogens with zero attached hydrogens (tertiary/aromatic N) is 2. The highest BCUT2D eigenvalue weighted by Crippen LogP contribution is 2.29. The molecule has 1 fully saturated rings. The lowest BCUT2D eigenvalue weighted by molar-refractivity contribution is 0.0623. The van der Waals surface area contributed by atoms with Gasteiger partial charge in [0.05, 0.1) is 12.7 Å². The lowest BCUT2D eigenvalue weighted by Gasteiger charge is -2.38. The summed E-state index contributed by atoms with van der Waals surface area (Å²) in [6.45, 7) is 5.74. The molecule has 0 aliphatic carbocycles. The zero-order valence-electron chi connectivity index (χ0n) is 12.7. The lowest BCUT2D eigenvalue weighted by atomic mass is 9.99. The van der Waals surface area contributed by atoms with Crippen molar-refractivity contribution in [1.82, 2.24) is 9.80 Å². The smallest absolute Gasteiger partial charge is 0.125 e. The Hall–Kier alpha value is -1.10. The largest absolute Gasteiger partial charge is 0.493 e. The number of para-hydroxylation sites is 1. The summed E-state index contributed by atoms with van der Waals surface area (Å²) < 4.78 is 5.61. The number of piperazine rings is 1. The molecule has 1 aliphatic rings. The first-order chi connectivity index (χ1) is 9.61. The van der Waals surface area contributed by atoms with Crippen molar-refractivity contribution in [2.45, 2.75) is 25.5 Å². The van der Waals surface area contributed by atoms with Crippen LogP contribution in [0.4, 0.5) is 0 Å². The van der Waals surface area contributed by atoms with Crippen LogP contribution in [-0.4, -0.2) is 61.3 Å². The number of rotatable bonds is 5. The molecule has 1 aromatic carbocycles. The summed E-state index contributed by atoms with van der Waals surface area (Å²) in [5.74, 6) is 0.800. The van der Waals surface area contributed by atoms with Crippen molar-refractivity contribution in [2.24, 2.45) is 0 Å². The molecule has 0 saturated carbocycles. The second-order valence-electron chi connectivity index (χ2n) is 5.62. The number of aliphatic hydroxyl groups excluding tert-OH is 1. The molecule has 0 spiro atoms. The minimum absolute atomic E-state index is 0.387. The maximum Gasteiger partial charge on any atom is 0.125 e. The normalized spacial score (nSPS) is 22.7. The standard InChI is InChI=1S/C16H26N2O2/c1-4-20-16-8-6-5-7-14(16)15(19)11-13-12-17(2)9-10-18(13)3/h5-8,13,15,19H,4,9-12H2,1-3H3. The van der Waals surface area contributed by atoms with Crippen LogP contribution in [0.5, 0.6) is 5.75 Å². The first kappa shape index (κ1) is 15.3. The number of likely N-dealkylation sites (N-methyl/N-ethyl adjacent to an activating group) is 2. The van der Waals surface area contributed by atoms with Crippen LogP contribution in [-0.2, 0) is 0 Å². The summed E-state index contributed by atoms with van der Waals surface area (Å²) in [5.41, 5.74) is 0.899. The van der Waals surface area contributed by atoms with Crippen LogP contribution in [0.3, 0.4) is 0 Å². The number of hydrogen-bond donors (Lipinski definition) is 1. The van der Waals surface area contributed by atoms with E-state index in [4.69, 9.17) is 4.74 Å².